The summed E-state index contributed by atoms with van der Waals surface area (Å²) in [7, 11) is 0. The Morgan fingerprint density at radius 3 is 2.81 bits per heavy atom. The first-order valence-electron chi connectivity index (χ1n) is 8.37. The normalized spacial score (nSPS) is 17.3. The van der Waals surface area contributed by atoms with Crippen molar-refractivity contribution in [2.24, 2.45) is 5.92 Å². The van der Waals surface area contributed by atoms with Crippen molar-refractivity contribution >= 4 is 11.6 Å². The highest BCUT2D eigenvalue weighted by Gasteiger charge is 2.18. The number of rotatable bonds is 8. The molecular weight excluding hydrogens is 285 g/mol. The molecular formula is C18H27ClFN. The fraction of sp³-hybridized carbons (Fsp3) is 0.667. The maximum atomic E-state index is 14.1. The number of nitrogens with one attached hydrogen (secondary N) is 1. The number of benzene rings is 1. The predicted molar refractivity (Wildman–Crippen MR) is 88.4 cm³/mol. The van der Waals surface area contributed by atoms with Gasteiger partial charge < -0.3 is 5.32 Å². The number of hydrogen-bond donors (Lipinski definition) is 1. The van der Waals surface area contributed by atoms with Gasteiger partial charge in [0.05, 0.1) is 5.02 Å². The number of hydrogen-bond acceptors (Lipinski definition) is 1. The summed E-state index contributed by atoms with van der Waals surface area (Å²) in [6.45, 7) is 3.17. The molecule has 1 aliphatic carbocycles. The molecule has 0 saturated heterocycles. The topological polar surface area (TPSA) is 12.0 Å². The largest absolute Gasteiger partial charge is 0.314 e. The predicted octanol–water partition coefficient (Wildman–Crippen LogP) is 5.36. The van der Waals surface area contributed by atoms with Crippen molar-refractivity contribution < 1.29 is 4.39 Å². The standard InChI is InChI=1S/C18H27ClFN/c1-2-12-21-16(11-10-14-6-3-4-7-14)13-15-8-5-9-17(19)18(15)20/h5,8-9,14,16,21H,2-4,6-7,10-13H2,1H3. The van der Waals surface area contributed by atoms with E-state index in [4.69, 9.17) is 11.6 Å². The van der Waals surface area contributed by atoms with Gasteiger partial charge in [-0.25, -0.2) is 4.39 Å². The maximum Gasteiger partial charge on any atom is 0.145 e. The molecule has 0 aromatic heterocycles. The Hall–Kier alpha value is -0.600. The van der Waals surface area contributed by atoms with Crippen LogP contribution in [0.3, 0.4) is 0 Å². The summed E-state index contributed by atoms with van der Waals surface area (Å²) in [5, 5.41) is 3.81. The van der Waals surface area contributed by atoms with Crippen LogP contribution in [0.25, 0.3) is 0 Å². The third kappa shape index (κ3) is 5.27. The molecule has 118 valence electrons. The lowest BCUT2D eigenvalue weighted by Crippen LogP contribution is -2.32. The summed E-state index contributed by atoms with van der Waals surface area (Å²) in [4.78, 5) is 0. The Labute approximate surface area is 133 Å². The zero-order valence-corrected chi connectivity index (χ0v) is 13.8. The van der Waals surface area contributed by atoms with Gasteiger partial charge in [-0.05, 0) is 49.8 Å². The lowest BCUT2D eigenvalue weighted by atomic mass is 9.95. The van der Waals surface area contributed by atoms with E-state index in [1.165, 1.54) is 32.1 Å². The van der Waals surface area contributed by atoms with E-state index in [9.17, 15) is 4.39 Å². The third-order valence-electron chi connectivity index (χ3n) is 4.58. The van der Waals surface area contributed by atoms with Gasteiger partial charge in [0.1, 0.15) is 5.82 Å². The van der Waals surface area contributed by atoms with E-state index in [0.29, 0.717) is 6.04 Å². The van der Waals surface area contributed by atoms with E-state index in [2.05, 4.69) is 12.2 Å². The maximum absolute atomic E-state index is 14.1. The molecule has 0 spiro atoms. The molecule has 1 unspecified atom stereocenters. The fourth-order valence-corrected chi connectivity index (χ4v) is 3.53. The minimum atomic E-state index is -0.247. The second-order valence-corrected chi connectivity index (χ2v) is 6.70. The molecule has 3 heteroatoms. The number of halogens is 2. The quantitative estimate of drug-likeness (QED) is 0.681. The summed E-state index contributed by atoms with van der Waals surface area (Å²) in [6.07, 6.45) is 9.79. The van der Waals surface area contributed by atoms with Gasteiger partial charge >= 0.3 is 0 Å². The molecule has 0 aliphatic heterocycles. The molecule has 0 bridgehead atoms. The van der Waals surface area contributed by atoms with Crippen molar-refractivity contribution in [1.82, 2.24) is 5.32 Å². The summed E-state index contributed by atoms with van der Waals surface area (Å²) in [5.41, 5.74) is 0.738. The van der Waals surface area contributed by atoms with Crippen molar-refractivity contribution in [2.45, 2.75) is 64.3 Å². The average molecular weight is 312 g/mol. The van der Waals surface area contributed by atoms with E-state index in [0.717, 1.165) is 37.3 Å². The van der Waals surface area contributed by atoms with Crippen LogP contribution in [-0.2, 0) is 6.42 Å². The van der Waals surface area contributed by atoms with Gasteiger partial charge in [-0.2, -0.15) is 0 Å². The van der Waals surface area contributed by atoms with Gasteiger partial charge in [0.25, 0.3) is 0 Å². The SMILES string of the molecule is CCCNC(CCC1CCCC1)Cc1cccc(Cl)c1F. The summed E-state index contributed by atoms with van der Waals surface area (Å²) in [6, 6.07) is 5.68. The van der Waals surface area contributed by atoms with Gasteiger partial charge in [0, 0.05) is 6.04 Å². The van der Waals surface area contributed by atoms with E-state index in [1.807, 2.05) is 12.1 Å². The van der Waals surface area contributed by atoms with Crippen LogP contribution in [0.15, 0.2) is 18.2 Å². The van der Waals surface area contributed by atoms with Gasteiger partial charge in [0.2, 0.25) is 0 Å². The van der Waals surface area contributed by atoms with Crippen LogP contribution in [0.5, 0.6) is 0 Å². The average Bonchev–Trinajstić information content (AvgIpc) is 2.99. The minimum absolute atomic E-state index is 0.234. The van der Waals surface area contributed by atoms with E-state index >= 15 is 0 Å². The fourth-order valence-electron chi connectivity index (χ4n) is 3.33. The highest BCUT2D eigenvalue weighted by Crippen LogP contribution is 2.29. The molecule has 1 aliphatic rings. The lowest BCUT2D eigenvalue weighted by Gasteiger charge is -2.21. The van der Waals surface area contributed by atoms with Gasteiger partial charge in [-0.3, -0.25) is 0 Å². The Bertz CT molecular complexity index is 429. The summed E-state index contributed by atoms with van der Waals surface area (Å²) >= 11 is 5.89. The molecule has 1 saturated carbocycles. The van der Waals surface area contributed by atoms with Crippen molar-refractivity contribution in [2.75, 3.05) is 6.54 Å². The van der Waals surface area contributed by atoms with E-state index in [1.54, 1.807) is 6.07 Å². The smallest absolute Gasteiger partial charge is 0.145 e. The van der Waals surface area contributed by atoms with Crippen molar-refractivity contribution in [3.8, 4) is 0 Å². The zero-order valence-electron chi connectivity index (χ0n) is 13.0. The molecule has 1 aromatic carbocycles. The molecule has 21 heavy (non-hydrogen) atoms. The van der Waals surface area contributed by atoms with Crippen LogP contribution in [-0.4, -0.2) is 12.6 Å². The van der Waals surface area contributed by atoms with Crippen LogP contribution in [0, 0.1) is 11.7 Å². The van der Waals surface area contributed by atoms with Crippen LogP contribution in [0.1, 0.15) is 57.4 Å². The molecule has 1 fully saturated rings. The molecule has 1 N–H and O–H groups in total. The van der Waals surface area contributed by atoms with Gasteiger partial charge in [-0.1, -0.05) is 56.3 Å². The third-order valence-corrected chi connectivity index (χ3v) is 4.87. The van der Waals surface area contributed by atoms with Crippen molar-refractivity contribution in [3.05, 3.63) is 34.6 Å². The summed E-state index contributed by atoms with van der Waals surface area (Å²) < 4.78 is 14.1. The molecule has 0 heterocycles. The van der Waals surface area contributed by atoms with Crippen LogP contribution in [0.2, 0.25) is 5.02 Å². The molecule has 1 aromatic rings. The second kappa shape index (κ2) is 8.75. The monoisotopic (exact) mass is 311 g/mol. The van der Waals surface area contributed by atoms with E-state index < -0.39 is 0 Å². The Morgan fingerprint density at radius 1 is 1.33 bits per heavy atom. The minimum Gasteiger partial charge on any atom is -0.314 e. The highest BCUT2D eigenvalue weighted by atomic mass is 35.5. The van der Waals surface area contributed by atoms with Crippen LogP contribution >= 0.6 is 11.6 Å². The summed E-state index contributed by atoms with van der Waals surface area (Å²) in [5.74, 6) is 0.642. The molecule has 0 amide bonds. The highest BCUT2D eigenvalue weighted by molar-refractivity contribution is 6.30. The van der Waals surface area contributed by atoms with Crippen molar-refractivity contribution in [1.29, 1.82) is 0 Å². The Morgan fingerprint density at radius 2 is 2.10 bits per heavy atom. The Kier molecular flexibility index (Phi) is 6.98. The first kappa shape index (κ1) is 16.8. The second-order valence-electron chi connectivity index (χ2n) is 6.30. The van der Waals surface area contributed by atoms with Gasteiger partial charge in [-0.15, -0.1) is 0 Å². The van der Waals surface area contributed by atoms with Crippen molar-refractivity contribution in [3.63, 3.8) is 0 Å². The molecule has 2 rings (SSSR count). The molecule has 1 atom stereocenters. The molecule has 0 radical (unpaired) electrons. The molecule has 1 nitrogen and oxygen atoms in total. The van der Waals surface area contributed by atoms with E-state index in [-0.39, 0.29) is 10.8 Å². The lowest BCUT2D eigenvalue weighted by molar-refractivity contribution is 0.399. The van der Waals surface area contributed by atoms with Gasteiger partial charge in [0.15, 0.2) is 0 Å². The first-order valence-corrected chi connectivity index (χ1v) is 8.74. The van der Waals surface area contributed by atoms with Crippen LogP contribution < -0.4 is 5.32 Å². The van der Waals surface area contributed by atoms with Crippen LogP contribution in [0.4, 0.5) is 4.39 Å². The Balaban J connectivity index is 1.92. The zero-order chi connectivity index (χ0) is 15.1. The first-order chi connectivity index (χ1) is 10.2.